The first-order valence-corrected chi connectivity index (χ1v) is 13.0. The third kappa shape index (κ3) is 5.60. The fourth-order valence-corrected chi connectivity index (χ4v) is 6.45. The summed E-state index contributed by atoms with van der Waals surface area (Å²) in [6, 6.07) is 10.6. The second-order valence-corrected chi connectivity index (χ2v) is 10.4. The Morgan fingerprint density at radius 2 is 1.77 bits per heavy atom. The highest BCUT2D eigenvalue weighted by molar-refractivity contribution is 5.84. The number of halogens is 1. The molecule has 0 aromatic heterocycles. The summed E-state index contributed by atoms with van der Waals surface area (Å²) < 4.78 is 14.6. The minimum Gasteiger partial charge on any atom is -0.207 e. The van der Waals surface area contributed by atoms with E-state index in [-0.39, 0.29) is 5.82 Å². The smallest absolute Gasteiger partial charge is 0.127 e. The van der Waals surface area contributed by atoms with Crippen molar-refractivity contribution >= 4 is 10.8 Å². The summed E-state index contributed by atoms with van der Waals surface area (Å²) in [5, 5.41) is 2.23. The van der Waals surface area contributed by atoms with Gasteiger partial charge in [-0.25, -0.2) is 4.39 Å². The molecule has 168 valence electrons. The van der Waals surface area contributed by atoms with Gasteiger partial charge in [0.2, 0.25) is 0 Å². The first kappa shape index (κ1) is 22.6. The van der Waals surface area contributed by atoms with Crippen LogP contribution in [0.25, 0.3) is 10.8 Å². The van der Waals surface area contributed by atoms with Crippen molar-refractivity contribution in [3.05, 3.63) is 59.9 Å². The molecule has 0 saturated heterocycles. The highest BCUT2D eigenvalue weighted by atomic mass is 19.1. The molecule has 31 heavy (non-hydrogen) atoms. The molecule has 0 bridgehead atoms. The predicted molar refractivity (Wildman–Crippen MR) is 132 cm³/mol. The maximum atomic E-state index is 14.6. The Morgan fingerprint density at radius 1 is 0.935 bits per heavy atom. The Labute approximate surface area is 189 Å². The lowest BCUT2D eigenvalue weighted by molar-refractivity contribution is 0.113. The van der Waals surface area contributed by atoms with Crippen LogP contribution in [0.2, 0.25) is 0 Å². The average Bonchev–Trinajstić information content (AvgIpc) is 2.79. The van der Waals surface area contributed by atoms with E-state index in [0.717, 1.165) is 41.5 Å². The molecule has 0 heterocycles. The van der Waals surface area contributed by atoms with Crippen LogP contribution in [-0.4, -0.2) is 0 Å². The predicted octanol–water partition coefficient (Wildman–Crippen LogP) is 9.37. The first-order valence-electron chi connectivity index (χ1n) is 13.0. The van der Waals surface area contributed by atoms with E-state index in [9.17, 15) is 4.39 Å². The lowest BCUT2D eigenvalue weighted by atomic mass is 9.63. The van der Waals surface area contributed by atoms with Gasteiger partial charge in [0.25, 0.3) is 0 Å². The molecule has 0 aliphatic heterocycles. The summed E-state index contributed by atoms with van der Waals surface area (Å²) in [4.78, 5) is 0. The van der Waals surface area contributed by atoms with Crippen molar-refractivity contribution in [2.75, 3.05) is 0 Å². The highest BCUT2D eigenvalue weighted by Gasteiger charge is 2.35. The number of rotatable bonds is 9. The Bertz CT molecular complexity index is 866. The van der Waals surface area contributed by atoms with Gasteiger partial charge in [-0.2, -0.15) is 0 Å². The van der Waals surface area contributed by atoms with Crippen LogP contribution in [0.5, 0.6) is 0 Å². The zero-order valence-corrected chi connectivity index (χ0v) is 19.6. The van der Waals surface area contributed by atoms with Gasteiger partial charge in [-0.3, -0.25) is 0 Å². The van der Waals surface area contributed by atoms with Crippen LogP contribution in [0.4, 0.5) is 4.39 Å². The zero-order chi connectivity index (χ0) is 21.6. The number of unbranched alkanes of at least 4 members (excludes halogenated alkanes) is 3. The Morgan fingerprint density at radius 3 is 2.61 bits per heavy atom. The molecule has 2 saturated carbocycles. The summed E-state index contributed by atoms with van der Waals surface area (Å²) in [6.45, 7) is 6.06. The van der Waals surface area contributed by atoms with Gasteiger partial charge in [0.05, 0.1) is 0 Å². The van der Waals surface area contributed by atoms with Crippen LogP contribution in [0.15, 0.2) is 43.0 Å². The molecule has 2 aromatic carbocycles. The quantitative estimate of drug-likeness (QED) is 0.280. The normalized spacial score (nSPS) is 26.0. The van der Waals surface area contributed by atoms with E-state index in [4.69, 9.17) is 0 Å². The molecule has 2 aliphatic carbocycles. The van der Waals surface area contributed by atoms with Crippen LogP contribution < -0.4 is 0 Å². The molecular formula is C30H41F. The van der Waals surface area contributed by atoms with E-state index < -0.39 is 0 Å². The van der Waals surface area contributed by atoms with Crippen molar-refractivity contribution in [2.24, 2.45) is 17.8 Å². The van der Waals surface area contributed by atoms with Crippen LogP contribution >= 0.6 is 0 Å². The highest BCUT2D eigenvalue weighted by Crippen LogP contribution is 2.48. The Hall–Kier alpha value is -1.63. The van der Waals surface area contributed by atoms with Gasteiger partial charge in [0, 0.05) is 0 Å². The number of hydrogen-bond acceptors (Lipinski definition) is 0. The van der Waals surface area contributed by atoms with Crippen LogP contribution in [-0.2, 0) is 6.42 Å². The van der Waals surface area contributed by atoms with Crippen molar-refractivity contribution in [2.45, 2.75) is 96.3 Å². The summed E-state index contributed by atoms with van der Waals surface area (Å²) in [6.07, 6.45) is 19.0. The molecule has 2 aromatic rings. The molecule has 4 unspecified atom stereocenters. The molecule has 1 heteroatoms. The number of benzene rings is 2. The molecule has 4 atom stereocenters. The minimum atomic E-state index is -0.0625. The lowest BCUT2D eigenvalue weighted by Gasteiger charge is -2.42. The van der Waals surface area contributed by atoms with E-state index in [2.05, 4.69) is 31.7 Å². The maximum Gasteiger partial charge on any atom is 0.127 e. The summed E-state index contributed by atoms with van der Waals surface area (Å²) in [7, 11) is 0. The molecule has 0 spiro atoms. The molecule has 0 radical (unpaired) electrons. The third-order valence-corrected chi connectivity index (χ3v) is 8.31. The van der Waals surface area contributed by atoms with E-state index in [0.29, 0.717) is 5.92 Å². The monoisotopic (exact) mass is 420 g/mol. The largest absolute Gasteiger partial charge is 0.207 e. The van der Waals surface area contributed by atoms with Crippen LogP contribution in [0.3, 0.4) is 0 Å². The van der Waals surface area contributed by atoms with Crippen LogP contribution in [0, 0.1) is 23.6 Å². The second-order valence-electron chi connectivity index (χ2n) is 10.4. The van der Waals surface area contributed by atoms with Gasteiger partial charge < -0.3 is 0 Å². The average molecular weight is 421 g/mol. The SMILES string of the molecule is C=CCCc1cc2ccc(C3CCC4CC(CCCCCC)CCC4C3)cc2cc1F. The number of allylic oxidation sites excluding steroid dienone is 1. The molecule has 0 N–H and O–H groups in total. The number of aryl methyl sites for hydroxylation is 1. The number of hydrogen-bond donors (Lipinski definition) is 0. The fourth-order valence-electron chi connectivity index (χ4n) is 6.45. The first-order chi connectivity index (χ1) is 15.2. The van der Waals surface area contributed by atoms with Gasteiger partial charge in [-0.15, -0.1) is 6.58 Å². The molecule has 0 amide bonds. The molecule has 0 nitrogen and oxygen atoms in total. The lowest BCUT2D eigenvalue weighted by Crippen LogP contribution is -2.30. The zero-order valence-electron chi connectivity index (χ0n) is 19.6. The van der Waals surface area contributed by atoms with Crippen molar-refractivity contribution in [1.29, 1.82) is 0 Å². The van der Waals surface area contributed by atoms with Gasteiger partial charge in [0.15, 0.2) is 0 Å². The minimum absolute atomic E-state index is 0.0625. The van der Waals surface area contributed by atoms with Gasteiger partial charge in [0.1, 0.15) is 5.82 Å². The van der Waals surface area contributed by atoms with Crippen LogP contribution in [0.1, 0.15) is 101 Å². The second kappa shape index (κ2) is 10.8. The topological polar surface area (TPSA) is 0 Å². The van der Waals surface area contributed by atoms with Crippen molar-refractivity contribution in [3.8, 4) is 0 Å². The molecular weight excluding hydrogens is 379 g/mol. The van der Waals surface area contributed by atoms with Crippen molar-refractivity contribution in [3.63, 3.8) is 0 Å². The number of fused-ring (bicyclic) bond motifs is 2. The maximum absolute atomic E-state index is 14.6. The Kier molecular flexibility index (Phi) is 7.86. The van der Waals surface area contributed by atoms with Gasteiger partial charge in [-0.1, -0.05) is 69.7 Å². The summed E-state index contributed by atoms with van der Waals surface area (Å²) in [5.74, 6) is 3.47. The van der Waals surface area contributed by atoms with Crippen molar-refractivity contribution < 1.29 is 4.39 Å². The van der Waals surface area contributed by atoms with E-state index in [1.807, 2.05) is 12.1 Å². The summed E-state index contributed by atoms with van der Waals surface area (Å²) in [5.41, 5.74) is 2.25. The van der Waals surface area contributed by atoms with Gasteiger partial charge in [-0.05, 0) is 103 Å². The summed E-state index contributed by atoms with van der Waals surface area (Å²) >= 11 is 0. The van der Waals surface area contributed by atoms with Gasteiger partial charge >= 0.3 is 0 Å². The molecule has 2 fully saturated rings. The van der Waals surface area contributed by atoms with E-state index in [1.165, 1.54) is 81.6 Å². The van der Waals surface area contributed by atoms with Crippen molar-refractivity contribution in [1.82, 2.24) is 0 Å². The standard InChI is InChI=1S/C30H41F/c1-3-5-7-8-9-22-11-12-24-18-25(14-13-23(24)17-22)26-15-16-27-19-28(10-6-4-2)30(31)21-29(27)20-26/h4,15-16,19-25H,2-3,5-14,17-18H2,1H3. The van der Waals surface area contributed by atoms with E-state index in [1.54, 1.807) is 6.07 Å². The van der Waals surface area contributed by atoms with E-state index >= 15 is 0 Å². The Balaban J connectivity index is 1.37. The molecule has 2 aliphatic rings. The third-order valence-electron chi connectivity index (χ3n) is 8.31. The molecule has 4 rings (SSSR count). The fraction of sp³-hybridized carbons (Fsp3) is 0.600.